The van der Waals surface area contributed by atoms with Crippen LogP contribution in [-0.4, -0.2) is 30.5 Å². The average molecular weight is 302 g/mol. The van der Waals surface area contributed by atoms with Gasteiger partial charge >= 0.3 is 0 Å². The second-order valence-electron chi connectivity index (χ2n) is 4.30. The Bertz CT molecular complexity index is 728. The van der Waals surface area contributed by atoms with Gasteiger partial charge in [0, 0.05) is 30.0 Å². The first-order valence-corrected chi connectivity index (χ1v) is 6.28. The monoisotopic (exact) mass is 302 g/mol. The number of benzene rings is 2. The van der Waals surface area contributed by atoms with E-state index < -0.39 is 4.92 Å². The van der Waals surface area contributed by atoms with Crippen molar-refractivity contribution < 1.29 is 19.5 Å². The first-order chi connectivity index (χ1) is 10.5. The molecule has 0 aliphatic rings. The summed E-state index contributed by atoms with van der Waals surface area (Å²) in [5, 5.41) is 20.5. The minimum Gasteiger partial charge on any atom is -0.507 e. The molecule has 0 saturated heterocycles. The summed E-state index contributed by atoms with van der Waals surface area (Å²) in [7, 11) is 3.04. The van der Waals surface area contributed by atoms with Crippen LogP contribution in [0.5, 0.6) is 17.2 Å². The second kappa shape index (κ2) is 6.57. The highest BCUT2D eigenvalue weighted by Crippen LogP contribution is 2.31. The second-order valence-corrected chi connectivity index (χ2v) is 4.30. The Labute approximate surface area is 126 Å². The van der Waals surface area contributed by atoms with Crippen LogP contribution in [-0.2, 0) is 0 Å². The predicted octanol–water partition coefficient (Wildman–Crippen LogP) is 3.07. The van der Waals surface area contributed by atoms with E-state index in [0.29, 0.717) is 17.2 Å². The zero-order valence-corrected chi connectivity index (χ0v) is 12.0. The van der Waals surface area contributed by atoms with Crippen LogP contribution in [0, 0.1) is 10.1 Å². The Kier molecular flexibility index (Phi) is 4.57. The van der Waals surface area contributed by atoms with Crippen molar-refractivity contribution in [3.63, 3.8) is 0 Å². The molecule has 0 aliphatic heterocycles. The molecule has 0 atom stereocenters. The number of nitro benzene ring substituents is 1. The lowest BCUT2D eigenvalue weighted by molar-refractivity contribution is -0.384. The maximum Gasteiger partial charge on any atom is 0.270 e. The molecule has 0 bridgehead atoms. The molecule has 22 heavy (non-hydrogen) atoms. The van der Waals surface area contributed by atoms with Crippen molar-refractivity contribution >= 4 is 17.6 Å². The zero-order valence-electron chi connectivity index (χ0n) is 12.0. The molecule has 0 saturated carbocycles. The minimum atomic E-state index is -0.535. The van der Waals surface area contributed by atoms with Gasteiger partial charge in [0.25, 0.3) is 5.69 Å². The van der Waals surface area contributed by atoms with Crippen LogP contribution in [0.25, 0.3) is 0 Å². The number of aromatic hydroxyl groups is 1. The molecular formula is C15H14N2O5. The van der Waals surface area contributed by atoms with Crippen LogP contribution in [0.15, 0.2) is 41.4 Å². The fourth-order valence-electron chi connectivity index (χ4n) is 1.81. The van der Waals surface area contributed by atoms with Crippen LogP contribution in [0.3, 0.4) is 0 Å². The van der Waals surface area contributed by atoms with Crippen molar-refractivity contribution in [3.8, 4) is 17.2 Å². The number of phenols is 1. The normalized spacial score (nSPS) is 10.6. The van der Waals surface area contributed by atoms with Gasteiger partial charge in [0.2, 0.25) is 0 Å². The number of nitro groups is 1. The number of non-ortho nitro benzene ring substituents is 1. The van der Waals surface area contributed by atoms with Crippen molar-refractivity contribution in [3.05, 3.63) is 52.1 Å². The van der Waals surface area contributed by atoms with Gasteiger partial charge in [-0.3, -0.25) is 15.1 Å². The van der Waals surface area contributed by atoms with Crippen molar-refractivity contribution in [2.75, 3.05) is 14.2 Å². The van der Waals surface area contributed by atoms with Crippen LogP contribution >= 0.6 is 0 Å². The third-order valence-electron chi connectivity index (χ3n) is 2.94. The summed E-state index contributed by atoms with van der Waals surface area (Å²) in [6.45, 7) is 0. The largest absolute Gasteiger partial charge is 0.507 e. The molecule has 0 heterocycles. The van der Waals surface area contributed by atoms with Gasteiger partial charge in [0.05, 0.1) is 24.8 Å². The van der Waals surface area contributed by atoms with Crippen LogP contribution in [0.1, 0.15) is 5.56 Å². The first kappa shape index (κ1) is 15.3. The average Bonchev–Trinajstić information content (AvgIpc) is 2.53. The molecule has 0 unspecified atom stereocenters. The van der Waals surface area contributed by atoms with E-state index in [-0.39, 0.29) is 17.0 Å². The molecule has 0 fully saturated rings. The molecule has 2 aromatic rings. The highest BCUT2D eigenvalue weighted by molar-refractivity contribution is 5.86. The van der Waals surface area contributed by atoms with Gasteiger partial charge in [-0.25, -0.2) is 0 Å². The molecule has 0 aliphatic carbocycles. The molecule has 2 aromatic carbocycles. The molecule has 2 rings (SSSR count). The van der Waals surface area contributed by atoms with Gasteiger partial charge < -0.3 is 14.6 Å². The number of methoxy groups -OCH3 is 2. The van der Waals surface area contributed by atoms with E-state index >= 15 is 0 Å². The quantitative estimate of drug-likeness (QED) is 0.520. The summed E-state index contributed by atoms with van der Waals surface area (Å²) < 4.78 is 10.3. The van der Waals surface area contributed by atoms with E-state index in [0.717, 1.165) is 0 Å². The molecule has 114 valence electrons. The van der Waals surface area contributed by atoms with Crippen molar-refractivity contribution in [2.24, 2.45) is 4.99 Å². The molecule has 0 radical (unpaired) electrons. The lowest BCUT2D eigenvalue weighted by atomic mass is 10.2. The van der Waals surface area contributed by atoms with Gasteiger partial charge in [0.15, 0.2) is 11.5 Å². The van der Waals surface area contributed by atoms with Gasteiger partial charge in [0.1, 0.15) is 5.75 Å². The molecule has 7 heteroatoms. The number of nitrogens with zero attached hydrogens (tertiary/aromatic N) is 2. The van der Waals surface area contributed by atoms with E-state index in [9.17, 15) is 15.2 Å². The topological polar surface area (TPSA) is 94.2 Å². The summed E-state index contributed by atoms with van der Waals surface area (Å²) >= 11 is 0. The fourth-order valence-corrected chi connectivity index (χ4v) is 1.81. The zero-order chi connectivity index (χ0) is 16.1. The molecule has 0 amide bonds. The SMILES string of the molecule is COc1ccc(N=Cc2cc([N+](=O)[O-])ccc2O)cc1OC. The summed E-state index contributed by atoms with van der Waals surface area (Å²) in [5.41, 5.74) is 0.694. The summed E-state index contributed by atoms with van der Waals surface area (Å²) in [5.74, 6) is 0.995. The maximum atomic E-state index is 10.7. The Hall–Kier alpha value is -3.09. The van der Waals surface area contributed by atoms with Crippen molar-refractivity contribution in [1.29, 1.82) is 0 Å². The highest BCUT2D eigenvalue weighted by Gasteiger charge is 2.09. The Morgan fingerprint density at radius 1 is 1.14 bits per heavy atom. The third-order valence-corrected chi connectivity index (χ3v) is 2.94. The molecule has 0 spiro atoms. The standard InChI is InChI=1S/C15H14N2O5/c1-21-14-6-3-11(8-15(14)22-2)16-9-10-7-12(17(19)20)4-5-13(10)18/h3-9,18H,1-2H3. The molecule has 7 nitrogen and oxygen atoms in total. The number of phenolic OH excluding ortho intramolecular Hbond substituents is 1. The number of hydrogen-bond acceptors (Lipinski definition) is 6. The van der Waals surface area contributed by atoms with Gasteiger partial charge in [-0.2, -0.15) is 0 Å². The van der Waals surface area contributed by atoms with Crippen LogP contribution < -0.4 is 9.47 Å². The van der Waals surface area contributed by atoms with Gasteiger partial charge in [-0.15, -0.1) is 0 Å². The Morgan fingerprint density at radius 3 is 2.50 bits per heavy atom. The summed E-state index contributed by atoms with van der Waals surface area (Å²) in [6, 6.07) is 8.78. The van der Waals surface area contributed by atoms with Crippen LogP contribution in [0.2, 0.25) is 0 Å². The molecule has 1 N–H and O–H groups in total. The van der Waals surface area contributed by atoms with E-state index in [1.165, 1.54) is 38.6 Å². The molecule has 0 aromatic heterocycles. The third kappa shape index (κ3) is 3.32. The van der Waals surface area contributed by atoms with E-state index in [1.54, 1.807) is 18.2 Å². The number of aliphatic imine (C=N–C) groups is 1. The Morgan fingerprint density at radius 2 is 1.86 bits per heavy atom. The predicted molar refractivity (Wildman–Crippen MR) is 81.6 cm³/mol. The van der Waals surface area contributed by atoms with Gasteiger partial charge in [-0.1, -0.05) is 0 Å². The fraction of sp³-hybridized carbons (Fsp3) is 0.133. The van der Waals surface area contributed by atoms with E-state index in [2.05, 4.69) is 4.99 Å². The first-order valence-electron chi connectivity index (χ1n) is 6.28. The highest BCUT2D eigenvalue weighted by atomic mass is 16.6. The van der Waals surface area contributed by atoms with Crippen LogP contribution in [0.4, 0.5) is 11.4 Å². The van der Waals surface area contributed by atoms with Crippen molar-refractivity contribution in [1.82, 2.24) is 0 Å². The minimum absolute atomic E-state index is 0.0881. The maximum absolute atomic E-state index is 10.7. The number of rotatable bonds is 5. The summed E-state index contributed by atoms with van der Waals surface area (Å²) in [4.78, 5) is 14.4. The van der Waals surface area contributed by atoms with E-state index in [4.69, 9.17) is 9.47 Å². The number of hydrogen-bond donors (Lipinski definition) is 1. The molecular weight excluding hydrogens is 288 g/mol. The lowest BCUT2D eigenvalue weighted by Gasteiger charge is -2.07. The smallest absolute Gasteiger partial charge is 0.270 e. The van der Waals surface area contributed by atoms with E-state index in [1.807, 2.05) is 0 Å². The number of ether oxygens (including phenoxy) is 2. The summed E-state index contributed by atoms with van der Waals surface area (Å²) in [6.07, 6.45) is 1.35. The Balaban J connectivity index is 2.32. The van der Waals surface area contributed by atoms with Gasteiger partial charge in [-0.05, 0) is 18.2 Å². The van der Waals surface area contributed by atoms with Crippen molar-refractivity contribution in [2.45, 2.75) is 0 Å². The lowest BCUT2D eigenvalue weighted by Crippen LogP contribution is -1.91.